The maximum atomic E-state index is 10.9. The number of para-hydroxylation sites is 1. The van der Waals surface area contributed by atoms with Crippen molar-refractivity contribution < 1.29 is 9.53 Å². The van der Waals surface area contributed by atoms with Crippen LogP contribution in [0.2, 0.25) is 0 Å². The van der Waals surface area contributed by atoms with Crippen LogP contribution in [0.1, 0.15) is 24.8 Å². The lowest BCUT2D eigenvalue weighted by Crippen LogP contribution is -2.37. The number of amides is 1. The Morgan fingerprint density at radius 3 is 2.67 bits per heavy atom. The van der Waals surface area contributed by atoms with Crippen molar-refractivity contribution in [2.24, 2.45) is 17.4 Å². The summed E-state index contributed by atoms with van der Waals surface area (Å²) in [6.07, 6.45) is 2.61. The van der Waals surface area contributed by atoms with Crippen molar-refractivity contribution in [1.29, 1.82) is 0 Å². The number of carbonyl (C=O) groups excluding carboxylic acids is 1. The van der Waals surface area contributed by atoms with Crippen molar-refractivity contribution in [3.63, 3.8) is 0 Å². The summed E-state index contributed by atoms with van der Waals surface area (Å²) >= 11 is 0. The number of benzene rings is 1. The van der Waals surface area contributed by atoms with Crippen LogP contribution in [0.25, 0.3) is 0 Å². The first-order valence-electron chi connectivity index (χ1n) is 7.60. The van der Waals surface area contributed by atoms with E-state index in [1.54, 1.807) is 0 Å². The average Bonchev–Trinajstić information content (AvgIpc) is 2.49. The first-order chi connectivity index (χ1) is 10.2. The van der Waals surface area contributed by atoms with E-state index in [0.717, 1.165) is 43.8 Å². The summed E-state index contributed by atoms with van der Waals surface area (Å²) in [7, 11) is 0. The van der Waals surface area contributed by atoms with Gasteiger partial charge >= 0.3 is 0 Å². The Bertz CT molecular complexity index is 457. The standard InChI is InChI=1S/C16H25N3O2/c17-12-14-3-1-2-4-15(14)21-10-9-19-7-5-13(6-8-19)11-16(18)20/h1-4,13H,5-12,17H2,(H2,18,20). The Labute approximate surface area is 126 Å². The first-order valence-corrected chi connectivity index (χ1v) is 7.60. The summed E-state index contributed by atoms with van der Waals surface area (Å²) in [5.74, 6) is 1.15. The molecule has 0 radical (unpaired) electrons. The highest BCUT2D eigenvalue weighted by molar-refractivity contribution is 5.73. The van der Waals surface area contributed by atoms with Gasteiger partial charge < -0.3 is 16.2 Å². The van der Waals surface area contributed by atoms with Crippen LogP contribution in [0.4, 0.5) is 0 Å². The van der Waals surface area contributed by atoms with Gasteiger partial charge in [0.2, 0.25) is 5.91 Å². The molecule has 1 aliphatic heterocycles. The molecule has 1 heterocycles. The molecule has 116 valence electrons. The zero-order valence-electron chi connectivity index (χ0n) is 12.5. The maximum Gasteiger partial charge on any atom is 0.217 e. The van der Waals surface area contributed by atoms with Crippen LogP contribution < -0.4 is 16.2 Å². The second kappa shape index (κ2) is 8.00. The van der Waals surface area contributed by atoms with Crippen LogP contribution >= 0.6 is 0 Å². The van der Waals surface area contributed by atoms with Crippen LogP contribution in [0, 0.1) is 5.92 Å². The van der Waals surface area contributed by atoms with E-state index in [-0.39, 0.29) is 5.91 Å². The van der Waals surface area contributed by atoms with Crippen LogP contribution in [0.5, 0.6) is 5.75 Å². The third-order valence-corrected chi connectivity index (χ3v) is 4.05. The molecule has 0 saturated carbocycles. The SMILES string of the molecule is NCc1ccccc1OCCN1CCC(CC(N)=O)CC1. The van der Waals surface area contributed by atoms with Gasteiger partial charge in [-0.1, -0.05) is 18.2 Å². The number of rotatable bonds is 7. The number of hydrogen-bond acceptors (Lipinski definition) is 4. The van der Waals surface area contributed by atoms with Gasteiger partial charge in [-0.15, -0.1) is 0 Å². The van der Waals surface area contributed by atoms with E-state index >= 15 is 0 Å². The van der Waals surface area contributed by atoms with Gasteiger partial charge in [0.05, 0.1) is 0 Å². The Kier molecular flexibility index (Phi) is 6.02. The van der Waals surface area contributed by atoms with Crippen molar-refractivity contribution in [3.05, 3.63) is 29.8 Å². The van der Waals surface area contributed by atoms with E-state index in [2.05, 4.69) is 4.90 Å². The molecule has 1 fully saturated rings. The van der Waals surface area contributed by atoms with E-state index < -0.39 is 0 Å². The Hall–Kier alpha value is -1.59. The minimum atomic E-state index is -0.185. The van der Waals surface area contributed by atoms with Crippen molar-refractivity contribution >= 4 is 5.91 Å². The second-order valence-corrected chi connectivity index (χ2v) is 5.62. The third-order valence-electron chi connectivity index (χ3n) is 4.05. The zero-order valence-corrected chi connectivity index (χ0v) is 12.5. The largest absolute Gasteiger partial charge is 0.492 e. The molecule has 0 aliphatic carbocycles. The number of nitrogens with zero attached hydrogens (tertiary/aromatic N) is 1. The molecule has 0 atom stereocenters. The molecule has 0 unspecified atom stereocenters. The number of piperidine rings is 1. The zero-order chi connectivity index (χ0) is 15.1. The van der Waals surface area contributed by atoms with E-state index in [0.29, 0.717) is 25.5 Å². The highest BCUT2D eigenvalue weighted by Gasteiger charge is 2.20. The van der Waals surface area contributed by atoms with E-state index in [1.807, 2.05) is 24.3 Å². The summed E-state index contributed by atoms with van der Waals surface area (Å²) in [4.78, 5) is 13.3. The van der Waals surface area contributed by atoms with Crippen molar-refractivity contribution in [1.82, 2.24) is 4.90 Å². The number of hydrogen-bond donors (Lipinski definition) is 2. The minimum Gasteiger partial charge on any atom is -0.492 e. The maximum absolute atomic E-state index is 10.9. The molecule has 0 aromatic heterocycles. The fourth-order valence-corrected chi connectivity index (χ4v) is 2.80. The molecule has 1 amide bonds. The molecular formula is C16H25N3O2. The molecule has 1 aliphatic rings. The predicted molar refractivity (Wildman–Crippen MR) is 82.8 cm³/mol. The lowest BCUT2D eigenvalue weighted by molar-refractivity contribution is -0.119. The quantitative estimate of drug-likeness (QED) is 0.788. The first kappa shape index (κ1) is 15.8. The molecule has 2 rings (SSSR count). The molecule has 21 heavy (non-hydrogen) atoms. The summed E-state index contributed by atoms with van der Waals surface area (Å²) in [6, 6.07) is 7.88. The smallest absolute Gasteiger partial charge is 0.217 e. The summed E-state index contributed by atoms with van der Waals surface area (Å²) in [6.45, 7) is 4.09. The number of likely N-dealkylation sites (tertiary alicyclic amines) is 1. The van der Waals surface area contributed by atoms with Crippen LogP contribution in [0.15, 0.2) is 24.3 Å². The number of nitrogens with two attached hydrogens (primary N) is 2. The van der Waals surface area contributed by atoms with Crippen LogP contribution in [-0.4, -0.2) is 37.0 Å². The Morgan fingerprint density at radius 1 is 1.29 bits per heavy atom. The van der Waals surface area contributed by atoms with Gasteiger partial charge in [0.25, 0.3) is 0 Å². The monoisotopic (exact) mass is 291 g/mol. The molecule has 5 heteroatoms. The summed E-state index contributed by atoms with van der Waals surface area (Å²) in [5.41, 5.74) is 12.0. The van der Waals surface area contributed by atoms with Gasteiger partial charge in [-0.2, -0.15) is 0 Å². The summed E-state index contributed by atoms with van der Waals surface area (Å²) < 4.78 is 5.83. The molecule has 1 aromatic carbocycles. The topological polar surface area (TPSA) is 81.6 Å². The van der Waals surface area contributed by atoms with E-state index in [4.69, 9.17) is 16.2 Å². The highest BCUT2D eigenvalue weighted by atomic mass is 16.5. The molecule has 5 nitrogen and oxygen atoms in total. The highest BCUT2D eigenvalue weighted by Crippen LogP contribution is 2.20. The molecule has 0 spiro atoms. The van der Waals surface area contributed by atoms with Crippen molar-refractivity contribution in [3.8, 4) is 5.75 Å². The number of ether oxygens (including phenoxy) is 1. The van der Waals surface area contributed by atoms with Gasteiger partial charge in [-0.05, 0) is 37.9 Å². The van der Waals surface area contributed by atoms with Crippen LogP contribution in [-0.2, 0) is 11.3 Å². The van der Waals surface area contributed by atoms with Gasteiger partial charge in [0.15, 0.2) is 0 Å². The Balaban J connectivity index is 1.69. The number of primary amides is 1. The predicted octanol–water partition coefficient (Wildman–Crippen LogP) is 1.11. The Morgan fingerprint density at radius 2 is 2.00 bits per heavy atom. The average molecular weight is 291 g/mol. The molecule has 1 aromatic rings. The fourth-order valence-electron chi connectivity index (χ4n) is 2.80. The molecule has 0 bridgehead atoms. The normalized spacial score (nSPS) is 16.8. The summed E-state index contributed by atoms with van der Waals surface area (Å²) in [5, 5.41) is 0. The second-order valence-electron chi connectivity index (χ2n) is 5.62. The third kappa shape index (κ3) is 5.02. The van der Waals surface area contributed by atoms with Gasteiger partial charge in [0, 0.05) is 25.1 Å². The van der Waals surface area contributed by atoms with Crippen LogP contribution in [0.3, 0.4) is 0 Å². The van der Waals surface area contributed by atoms with Gasteiger partial charge in [-0.3, -0.25) is 9.69 Å². The van der Waals surface area contributed by atoms with Crippen molar-refractivity contribution in [2.45, 2.75) is 25.8 Å². The van der Waals surface area contributed by atoms with Gasteiger partial charge in [-0.25, -0.2) is 0 Å². The molecule has 4 N–H and O–H groups in total. The lowest BCUT2D eigenvalue weighted by Gasteiger charge is -2.31. The lowest BCUT2D eigenvalue weighted by atomic mass is 9.93. The van der Waals surface area contributed by atoms with E-state index in [1.165, 1.54) is 0 Å². The molecular weight excluding hydrogens is 266 g/mol. The van der Waals surface area contributed by atoms with Gasteiger partial charge in [0.1, 0.15) is 12.4 Å². The molecule has 1 saturated heterocycles. The van der Waals surface area contributed by atoms with Crippen molar-refractivity contribution in [2.75, 3.05) is 26.2 Å². The minimum absolute atomic E-state index is 0.185. The van der Waals surface area contributed by atoms with E-state index in [9.17, 15) is 4.79 Å². The fraction of sp³-hybridized carbons (Fsp3) is 0.562. The number of carbonyl (C=O) groups is 1.